The summed E-state index contributed by atoms with van der Waals surface area (Å²) in [7, 11) is -1.24. The van der Waals surface area contributed by atoms with Gasteiger partial charge in [-0.1, -0.05) is 12.1 Å². The highest BCUT2D eigenvalue weighted by molar-refractivity contribution is 7.85. The van der Waals surface area contributed by atoms with Crippen molar-refractivity contribution in [3.8, 4) is 0 Å². The molecule has 0 spiro atoms. The maximum absolute atomic E-state index is 13.3. The molecule has 1 aromatic carbocycles. The average Bonchev–Trinajstić information content (AvgIpc) is 2.23. The van der Waals surface area contributed by atoms with Crippen LogP contribution in [0.4, 0.5) is 4.39 Å². The highest BCUT2D eigenvalue weighted by Gasteiger charge is 2.10. The van der Waals surface area contributed by atoms with Gasteiger partial charge in [-0.05, 0) is 45.9 Å². The maximum atomic E-state index is 13.3. The molecule has 2 nitrogen and oxygen atoms in total. The fourth-order valence-electron chi connectivity index (χ4n) is 1.41. The molecule has 0 aliphatic rings. The van der Waals surface area contributed by atoms with E-state index in [9.17, 15) is 8.60 Å². The van der Waals surface area contributed by atoms with Gasteiger partial charge in [0.25, 0.3) is 0 Å². The molecule has 0 saturated heterocycles. The topological polar surface area (TPSA) is 29.1 Å². The van der Waals surface area contributed by atoms with Gasteiger partial charge in [0.2, 0.25) is 0 Å². The van der Waals surface area contributed by atoms with Crippen LogP contribution in [0.5, 0.6) is 0 Å². The van der Waals surface area contributed by atoms with Crippen molar-refractivity contribution in [1.82, 2.24) is 5.32 Å². The summed E-state index contributed by atoms with van der Waals surface area (Å²) in [5, 5.41) is 3.32. The van der Waals surface area contributed by atoms with Crippen LogP contribution < -0.4 is 5.32 Å². The molecule has 0 aliphatic heterocycles. The van der Waals surface area contributed by atoms with Crippen molar-refractivity contribution < 1.29 is 8.60 Å². The third kappa shape index (κ3) is 5.41. The minimum Gasteiger partial charge on any atom is -0.312 e. The highest BCUT2D eigenvalue weighted by Crippen LogP contribution is 2.12. The van der Waals surface area contributed by atoms with Crippen LogP contribution in [0, 0.1) is 5.82 Å². The molecule has 17 heavy (non-hydrogen) atoms. The smallest absolute Gasteiger partial charge is 0.139 e. The lowest BCUT2D eigenvalue weighted by Crippen LogP contribution is -2.36. The van der Waals surface area contributed by atoms with Gasteiger partial charge in [0.05, 0.1) is 15.7 Å². The lowest BCUT2D eigenvalue weighted by molar-refractivity contribution is 0.427. The van der Waals surface area contributed by atoms with Crippen molar-refractivity contribution in [2.24, 2.45) is 0 Å². The van der Waals surface area contributed by atoms with Crippen molar-refractivity contribution in [1.29, 1.82) is 0 Å². The quantitative estimate of drug-likeness (QED) is 0.822. The lowest BCUT2D eigenvalue weighted by atomic mass is 10.1. The van der Waals surface area contributed by atoms with Crippen molar-refractivity contribution in [2.45, 2.75) is 37.6 Å². The zero-order valence-corrected chi connectivity index (χ0v) is 11.4. The van der Waals surface area contributed by atoms with E-state index in [0.29, 0.717) is 10.6 Å². The predicted molar refractivity (Wildman–Crippen MR) is 70.0 cm³/mol. The largest absolute Gasteiger partial charge is 0.312 e. The van der Waals surface area contributed by atoms with E-state index in [0.717, 1.165) is 13.0 Å². The summed E-state index contributed by atoms with van der Waals surface area (Å²) in [4.78, 5) is 0.309. The van der Waals surface area contributed by atoms with Crippen LogP contribution in [0.25, 0.3) is 0 Å². The van der Waals surface area contributed by atoms with Crippen LogP contribution in [0.2, 0.25) is 0 Å². The monoisotopic (exact) mass is 257 g/mol. The number of hydrogen-bond donors (Lipinski definition) is 1. The van der Waals surface area contributed by atoms with Crippen LogP contribution in [0.3, 0.4) is 0 Å². The molecule has 0 fully saturated rings. The molecule has 4 heteroatoms. The molecular formula is C13H20FNOS. The number of benzene rings is 1. The van der Waals surface area contributed by atoms with E-state index < -0.39 is 10.8 Å². The van der Waals surface area contributed by atoms with E-state index in [4.69, 9.17) is 0 Å². The Hall–Kier alpha value is -0.740. The highest BCUT2D eigenvalue weighted by atomic mass is 32.2. The zero-order valence-electron chi connectivity index (χ0n) is 10.6. The predicted octanol–water partition coefficient (Wildman–Crippen LogP) is 2.71. The Morgan fingerprint density at radius 1 is 1.29 bits per heavy atom. The van der Waals surface area contributed by atoms with E-state index in [1.54, 1.807) is 18.2 Å². The van der Waals surface area contributed by atoms with Gasteiger partial charge in [0.1, 0.15) is 5.82 Å². The Balaban J connectivity index is 2.39. The first-order chi connectivity index (χ1) is 7.90. The molecule has 0 heterocycles. The molecule has 1 atom stereocenters. The molecule has 0 radical (unpaired) electrons. The summed E-state index contributed by atoms with van der Waals surface area (Å²) in [6, 6.07) is 6.25. The summed E-state index contributed by atoms with van der Waals surface area (Å²) in [5.41, 5.74) is 0.0689. The van der Waals surface area contributed by atoms with E-state index in [2.05, 4.69) is 26.1 Å². The van der Waals surface area contributed by atoms with Gasteiger partial charge in [0, 0.05) is 11.3 Å². The van der Waals surface area contributed by atoms with Gasteiger partial charge in [-0.25, -0.2) is 4.39 Å². The molecule has 0 amide bonds. The van der Waals surface area contributed by atoms with Gasteiger partial charge in [-0.15, -0.1) is 0 Å². The summed E-state index contributed by atoms with van der Waals surface area (Å²) >= 11 is 0. The Morgan fingerprint density at radius 2 is 1.94 bits per heavy atom. The zero-order chi connectivity index (χ0) is 12.9. The summed E-state index contributed by atoms with van der Waals surface area (Å²) in [6.45, 7) is 7.05. The van der Waals surface area contributed by atoms with E-state index in [1.807, 2.05) is 0 Å². The van der Waals surface area contributed by atoms with Crippen LogP contribution in [0.1, 0.15) is 27.2 Å². The number of nitrogens with one attached hydrogen (secondary N) is 1. The van der Waals surface area contributed by atoms with Gasteiger partial charge >= 0.3 is 0 Å². The van der Waals surface area contributed by atoms with Crippen molar-refractivity contribution in [3.05, 3.63) is 30.1 Å². The summed E-state index contributed by atoms with van der Waals surface area (Å²) in [6.07, 6.45) is 0.776. The summed E-state index contributed by atoms with van der Waals surface area (Å²) in [5.74, 6) is 0.110. The Bertz CT molecular complexity index is 387. The third-order valence-corrected chi connectivity index (χ3v) is 3.72. The normalized spacial score (nSPS) is 13.6. The second-order valence-corrected chi connectivity index (χ2v) is 6.55. The Kier molecular flexibility index (Phi) is 5.28. The van der Waals surface area contributed by atoms with Crippen LogP contribution in [-0.2, 0) is 10.8 Å². The minimum atomic E-state index is -1.24. The first-order valence-electron chi connectivity index (χ1n) is 5.78. The second-order valence-electron chi connectivity index (χ2n) is 5.01. The van der Waals surface area contributed by atoms with Crippen LogP contribution in [0.15, 0.2) is 29.2 Å². The molecule has 1 aromatic rings. The molecule has 0 aromatic heterocycles. The first kappa shape index (κ1) is 14.3. The number of rotatable bonds is 5. The van der Waals surface area contributed by atoms with E-state index >= 15 is 0 Å². The Morgan fingerprint density at radius 3 is 2.53 bits per heavy atom. The third-order valence-electron chi connectivity index (χ3n) is 2.24. The molecule has 1 N–H and O–H groups in total. The molecule has 96 valence electrons. The van der Waals surface area contributed by atoms with E-state index in [1.165, 1.54) is 6.07 Å². The average molecular weight is 257 g/mol. The standard InChI is InChI=1S/C13H20FNOS/c1-13(2,3)15-9-6-10-17(16)12-8-5-4-7-11(12)14/h4-5,7-8,15H,6,9-10H2,1-3H3. The summed E-state index contributed by atoms with van der Waals surface area (Å²) < 4.78 is 25.2. The van der Waals surface area contributed by atoms with Crippen molar-refractivity contribution in [2.75, 3.05) is 12.3 Å². The van der Waals surface area contributed by atoms with Crippen LogP contribution in [-0.4, -0.2) is 22.0 Å². The number of hydrogen-bond acceptors (Lipinski definition) is 2. The second kappa shape index (κ2) is 6.26. The van der Waals surface area contributed by atoms with Crippen LogP contribution >= 0.6 is 0 Å². The van der Waals surface area contributed by atoms with Gasteiger partial charge in [-0.2, -0.15) is 0 Å². The first-order valence-corrected chi connectivity index (χ1v) is 7.10. The fourth-order valence-corrected chi connectivity index (χ4v) is 2.55. The molecular weight excluding hydrogens is 237 g/mol. The van der Waals surface area contributed by atoms with Gasteiger partial charge in [-0.3, -0.25) is 4.21 Å². The molecule has 1 unspecified atom stereocenters. The fraction of sp³-hybridized carbons (Fsp3) is 0.538. The molecule has 0 bridgehead atoms. The van der Waals surface area contributed by atoms with Gasteiger partial charge in [0.15, 0.2) is 0 Å². The van der Waals surface area contributed by atoms with Crippen molar-refractivity contribution >= 4 is 10.8 Å². The molecule has 1 rings (SSSR count). The molecule has 0 saturated carbocycles. The Labute approximate surface area is 105 Å². The SMILES string of the molecule is CC(C)(C)NCCCS(=O)c1ccccc1F. The lowest BCUT2D eigenvalue weighted by Gasteiger charge is -2.20. The van der Waals surface area contributed by atoms with Crippen molar-refractivity contribution in [3.63, 3.8) is 0 Å². The van der Waals surface area contributed by atoms with E-state index in [-0.39, 0.29) is 11.4 Å². The minimum absolute atomic E-state index is 0.0689. The molecule has 0 aliphatic carbocycles. The maximum Gasteiger partial charge on any atom is 0.139 e. The number of halogens is 1. The van der Waals surface area contributed by atoms with Gasteiger partial charge < -0.3 is 5.32 Å².